The molecule has 6 heteroatoms. The van der Waals surface area contributed by atoms with Gasteiger partial charge in [0.2, 0.25) is 0 Å². The molecule has 1 aliphatic heterocycles. The summed E-state index contributed by atoms with van der Waals surface area (Å²) in [5.41, 5.74) is -0.717. The summed E-state index contributed by atoms with van der Waals surface area (Å²) in [7, 11) is 0. The van der Waals surface area contributed by atoms with Gasteiger partial charge in [-0.15, -0.1) is 0 Å². The molecule has 104 valence electrons. The van der Waals surface area contributed by atoms with E-state index in [1.165, 1.54) is 12.1 Å². The molecule has 0 aliphatic carbocycles. The van der Waals surface area contributed by atoms with Gasteiger partial charge in [-0.05, 0) is 54.4 Å². The Morgan fingerprint density at radius 2 is 2.42 bits per heavy atom. The highest BCUT2D eigenvalue weighted by atomic mass is 79.9. The number of nitrogens with zero attached hydrogens (tertiary/aromatic N) is 1. The van der Waals surface area contributed by atoms with E-state index in [1.807, 2.05) is 6.92 Å². The van der Waals surface area contributed by atoms with Gasteiger partial charge in [0.05, 0.1) is 11.1 Å². The van der Waals surface area contributed by atoms with Gasteiger partial charge in [-0.3, -0.25) is 4.79 Å². The number of halogens is 2. The van der Waals surface area contributed by atoms with Crippen molar-refractivity contribution in [2.24, 2.45) is 5.41 Å². The van der Waals surface area contributed by atoms with Gasteiger partial charge in [0.15, 0.2) is 0 Å². The highest BCUT2D eigenvalue weighted by Gasteiger charge is 2.42. The van der Waals surface area contributed by atoms with Crippen LogP contribution in [-0.4, -0.2) is 28.6 Å². The maximum atomic E-state index is 13.8. The molecule has 2 atom stereocenters. The topological polar surface area (TPSA) is 62.2 Å². The van der Waals surface area contributed by atoms with Crippen molar-refractivity contribution in [3.05, 3.63) is 28.2 Å². The summed E-state index contributed by atoms with van der Waals surface area (Å²) in [6.45, 7) is 2.57. The molecule has 1 saturated heterocycles. The Hall–Kier alpha value is -1.01. The highest BCUT2D eigenvalue weighted by Crippen LogP contribution is 2.35. The molecule has 1 aromatic rings. The van der Waals surface area contributed by atoms with E-state index in [-0.39, 0.29) is 18.2 Å². The van der Waals surface area contributed by atoms with E-state index in [2.05, 4.69) is 26.2 Å². The molecule has 0 amide bonds. The van der Waals surface area contributed by atoms with Gasteiger partial charge in [-0.2, -0.15) is 0 Å². The number of hydrogen-bond acceptors (Lipinski definition) is 3. The second-order valence-electron chi connectivity index (χ2n) is 5.13. The fourth-order valence-corrected chi connectivity index (χ4v) is 3.00. The monoisotopic (exact) mass is 330 g/mol. The molecule has 0 saturated carbocycles. The number of piperidine rings is 1. The van der Waals surface area contributed by atoms with Crippen LogP contribution in [0, 0.1) is 11.2 Å². The molecular formula is C13H16BrFN2O2. The van der Waals surface area contributed by atoms with Crippen LogP contribution in [0.25, 0.3) is 0 Å². The summed E-state index contributed by atoms with van der Waals surface area (Å²) in [5, 5.41) is 12.8. The Morgan fingerprint density at radius 3 is 3.05 bits per heavy atom. The lowest BCUT2D eigenvalue weighted by molar-refractivity contribution is -0.151. The fraction of sp³-hybridized carbons (Fsp3) is 0.538. The fourth-order valence-electron chi connectivity index (χ4n) is 2.65. The first-order valence-electron chi connectivity index (χ1n) is 6.21. The molecule has 0 bridgehead atoms. The Morgan fingerprint density at radius 1 is 1.68 bits per heavy atom. The lowest BCUT2D eigenvalue weighted by Crippen LogP contribution is -2.48. The molecule has 1 fully saturated rings. The van der Waals surface area contributed by atoms with Crippen LogP contribution in [0.2, 0.25) is 0 Å². The minimum atomic E-state index is -0.931. The largest absolute Gasteiger partial charge is 0.481 e. The van der Waals surface area contributed by atoms with Crippen molar-refractivity contribution in [2.45, 2.75) is 32.2 Å². The van der Waals surface area contributed by atoms with Crippen LogP contribution in [0.3, 0.4) is 0 Å². The van der Waals surface area contributed by atoms with Crippen LogP contribution in [0.4, 0.5) is 4.39 Å². The number of aromatic nitrogens is 1. The Labute approximate surface area is 119 Å². The van der Waals surface area contributed by atoms with Crippen molar-refractivity contribution < 1.29 is 14.3 Å². The molecule has 2 rings (SSSR count). The van der Waals surface area contributed by atoms with Crippen molar-refractivity contribution in [1.29, 1.82) is 0 Å². The number of aliphatic carboxylic acids is 1. The van der Waals surface area contributed by atoms with Crippen LogP contribution in [0.1, 0.15) is 25.5 Å². The van der Waals surface area contributed by atoms with Crippen molar-refractivity contribution in [3.8, 4) is 0 Å². The lowest BCUT2D eigenvalue weighted by atomic mass is 9.73. The summed E-state index contributed by atoms with van der Waals surface area (Å²) in [6.07, 6.45) is 1.09. The summed E-state index contributed by atoms with van der Waals surface area (Å²) < 4.78 is 14.3. The maximum absolute atomic E-state index is 13.8. The van der Waals surface area contributed by atoms with E-state index >= 15 is 0 Å². The third-order valence-electron chi connectivity index (χ3n) is 3.64. The number of rotatable bonds is 3. The van der Waals surface area contributed by atoms with E-state index in [4.69, 9.17) is 0 Å². The number of carboxylic acid groups (broad SMARTS) is 1. The molecular weight excluding hydrogens is 315 g/mol. The van der Waals surface area contributed by atoms with E-state index in [1.54, 1.807) is 0 Å². The molecule has 0 unspecified atom stereocenters. The normalized spacial score (nSPS) is 27.2. The second-order valence-corrected chi connectivity index (χ2v) is 5.95. The van der Waals surface area contributed by atoms with Crippen LogP contribution < -0.4 is 5.32 Å². The van der Waals surface area contributed by atoms with Gasteiger partial charge in [-0.1, -0.05) is 0 Å². The predicted molar refractivity (Wildman–Crippen MR) is 72.4 cm³/mol. The van der Waals surface area contributed by atoms with E-state index in [0.717, 1.165) is 0 Å². The van der Waals surface area contributed by atoms with Crippen molar-refractivity contribution in [2.75, 3.05) is 6.54 Å². The predicted octanol–water partition coefficient (Wildman–Crippen LogP) is 2.37. The number of hydrogen-bond donors (Lipinski definition) is 2. The first-order valence-corrected chi connectivity index (χ1v) is 7.00. The Balaban J connectivity index is 2.30. The average molecular weight is 331 g/mol. The molecule has 0 spiro atoms. The number of carbonyl (C=O) groups is 1. The average Bonchev–Trinajstić information content (AvgIpc) is 2.34. The number of pyridine rings is 1. The smallest absolute Gasteiger partial charge is 0.310 e. The van der Waals surface area contributed by atoms with Gasteiger partial charge in [0.25, 0.3) is 0 Å². The summed E-state index contributed by atoms with van der Waals surface area (Å²) in [4.78, 5) is 15.7. The number of carboxylic acids is 1. The second kappa shape index (κ2) is 5.54. The van der Waals surface area contributed by atoms with Gasteiger partial charge in [0.1, 0.15) is 10.4 Å². The van der Waals surface area contributed by atoms with Crippen molar-refractivity contribution >= 4 is 21.9 Å². The molecule has 2 heterocycles. The first kappa shape index (κ1) is 14.4. The zero-order valence-corrected chi connectivity index (χ0v) is 12.2. The quantitative estimate of drug-likeness (QED) is 0.835. The van der Waals surface area contributed by atoms with Crippen molar-refractivity contribution in [3.63, 3.8) is 0 Å². The zero-order chi connectivity index (χ0) is 14.0. The third-order valence-corrected chi connectivity index (χ3v) is 4.08. The lowest BCUT2D eigenvalue weighted by Gasteiger charge is -2.37. The molecule has 1 aliphatic rings. The maximum Gasteiger partial charge on any atom is 0.310 e. The van der Waals surface area contributed by atoms with Crippen molar-refractivity contribution in [1.82, 2.24) is 10.3 Å². The van der Waals surface area contributed by atoms with Crippen LogP contribution in [0.5, 0.6) is 0 Å². The Kier molecular flexibility index (Phi) is 4.20. The standard InChI is InChI=1S/C13H16BrFN2O2/c1-8-6-13(12(18)19,4-5-16-8)7-10-9(15)2-3-11(14)17-10/h2-3,8,16H,4-7H2,1H3,(H,18,19)/t8-,13-/m1/s1. The van der Waals surface area contributed by atoms with Crippen LogP contribution in [0.15, 0.2) is 16.7 Å². The Bertz CT molecular complexity index is 498. The SMILES string of the molecule is C[C@@H]1C[C@](Cc2nc(Br)ccc2F)(C(=O)O)CCN1. The molecule has 19 heavy (non-hydrogen) atoms. The van der Waals surface area contributed by atoms with Gasteiger partial charge in [-0.25, -0.2) is 9.37 Å². The minimum absolute atomic E-state index is 0.111. The molecule has 0 radical (unpaired) electrons. The molecule has 2 N–H and O–H groups in total. The highest BCUT2D eigenvalue weighted by molar-refractivity contribution is 9.10. The van der Waals surface area contributed by atoms with Crippen LogP contribution >= 0.6 is 15.9 Å². The summed E-state index contributed by atoms with van der Waals surface area (Å²) in [6, 6.07) is 2.93. The minimum Gasteiger partial charge on any atom is -0.481 e. The van der Waals surface area contributed by atoms with Gasteiger partial charge in [0, 0.05) is 12.5 Å². The van der Waals surface area contributed by atoms with E-state index in [0.29, 0.717) is 24.0 Å². The van der Waals surface area contributed by atoms with Gasteiger partial charge >= 0.3 is 5.97 Å². The summed E-state index contributed by atoms with van der Waals surface area (Å²) in [5.74, 6) is -1.32. The third kappa shape index (κ3) is 3.12. The first-order chi connectivity index (χ1) is 8.93. The zero-order valence-electron chi connectivity index (χ0n) is 10.6. The van der Waals surface area contributed by atoms with Crippen LogP contribution in [-0.2, 0) is 11.2 Å². The van der Waals surface area contributed by atoms with E-state index < -0.39 is 17.2 Å². The molecule has 4 nitrogen and oxygen atoms in total. The molecule has 1 aromatic heterocycles. The van der Waals surface area contributed by atoms with E-state index in [9.17, 15) is 14.3 Å². The number of nitrogens with one attached hydrogen (secondary N) is 1. The summed E-state index contributed by atoms with van der Waals surface area (Å²) >= 11 is 3.19. The molecule has 0 aromatic carbocycles. The van der Waals surface area contributed by atoms with Gasteiger partial charge < -0.3 is 10.4 Å².